The molecule has 0 fully saturated rings. The lowest BCUT2D eigenvalue weighted by atomic mass is 10.0. The summed E-state index contributed by atoms with van der Waals surface area (Å²) in [6.45, 7) is 4.13. The van der Waals surface area contributed by atoms with Crippen molar-refractivity contribution in [1.82, 2.24) is 5.43 Å². The lowest BCUT2D eigenvalue weighted by molar-refractivity contribution is -0.123. The van der Waals surface area contributed by atoms with Crippen molar-refractivity contribution in [1.29, 1.82) is 0 Å². The van der Waals surface area contributed by atoms with Crippen molar-refractivity contribution >= 4 is 12.1 Å². The minimum atomic E-state index is -0.351. The van der Waals surface area contributed by atoms with Crippen LogP contribution < -0.4 is 19.6 Å². The highest BCUT2D eigenvalue weighted by Crippen LogP contribution is 2.22. The van der Waals surface area contributed by atoms with Crippen molar-refractivity contribution in [3.05, 3.63) is 53.6 Å². The predicted octanol–water partition coefficient (Wildman–Crippen LogP) is 3.36. The van der Waals surface area contributed by atoms with E-state index in [1.807, 2.05) is 24.3 Å². The number of amides is 1. The fourth-order valence-corrected chi connectivity index (χ4v) is 2.24. The van der Waals surface area contributed by atoms with Gasteiger partial charge >= 0.3 is 0 Å². The van der Waals surface area contributed by atoms with Gasteiger partial charge in [0.15, 0.2) is 6.61 Å². The van der Waals surface area contributed by atoms with Crippen molar-refractivity contribution < 1.29 is 19.0 Å². The predicted molar refractivity (Wildman–Crippen MR) is 101 cm³/mol. The zero-order chi connectivity index (χ0) is 18.9. The molecule has 0 aromatic heterocycles. The van der Waals surface area contributed by atoms with Crippen LogP contribution in [0.25, 0.3) is 0 Å². The maximum atomic E-state index is 11.9. The molecule has 0 aliphatic heterocycles. The molecule has 2 aromatic rings. The molecule has 0 atom stereocenters. The van der Waals surface area contributed by atoms with E-state index in [9.17, 15) is 4.79 Å². The van der Waals surface area contributed by atoms with E-state index in [0.29, 0.717) is 28.7 Å². The molecule has 0 aliphatic rings. The number of ether oxygens (including phenoxy) is 3. The lowest BCUT2D eigenvalue weighted by Gasteiger charge is -2.08. The largest absolute Gasteiger partial charge is 0.497 e. The van der Waals surface area contributed by atoms with Crippen LogP contribution in [0.5, 0.6) is 17.2 Å². The van der Waals surface area contributed by atoms with Crippen molar-refractivity contribution in [3.8, 4) is 17.2 Å². The Morgan fingerprint density at radius 3 is 2.38 bits per heavy atom. The molecule has 2 aromatic carbocycles. The number of rotatable bonds is 8. The Morgan fingerprint density at radius 1 is 1.08 bits per heavy atom. The standard InChI is InChI=1S/C20H24N2O4/c1-14(2)15-5-7-17(8-6-15)26-13-20(23)22-21-12-16-11-18(24-3)9-10-19(16)25-4/h5-12,14H,13H2,1-4H3,(H,22,23). The fourth-order valence-electron chi connectivity index (χ4n) is 2.24. The van der Waals surface area contributed by atoms with Crippen molar-refractivity contribution in [2.75, 3.05) is 20.8 Å². The Balaban J connectivity index is 1.87. The Hall–Kier alpha value is -3.02. The highest BCUT2D eigenvalue weighted by molar-refractivity contribution is 5.86. The molecule has 0 saturated carbocycles. The summed E-state index contributed by atoms with van der Waals surface area (Å²) in [5.41, 5.74) is 4.34. The van der Waals surface area contributed by atoms with Gasteiger partial charge in [0.05, 0.1) is 20.4 Å². The minimum Gasteiger partial charge on any atom is -0.497 e. The van der Waals surface area contributed by atoms with E-state index >= 15 is 0 Å². The van der Waals surface area contributed by atoms with E-state index in [0.717, 1.165) is 0 Å². The zero-order valence-electron chi connectivity index (χ0n) is 15.5. The average Bonchev–Trinajstić information content (AvgIpc) is 2.66. The lowest BCUT2D eigenvalue weighted by Crippen LogP contribution is -2.24. The summed E-state index contributed by atoms with van der Waals surface area (Å²) in [4.78, 5) is 11.9. The summed E-state index contributed by atoms with van der Waals surface area (Å²) < 4.78 is 15.9. The number of carbonyl (C=O) groups is 1. The van der Waals surface area contributed by atoms with Crippen LogP contribution in [-0.2, 0) is 4.79 Å². The normalized spacial score (nSPS) is 10.8. The molecule has 26 heavy (non-hydrogen) atoms. The maximum Gasteiger partial charge on any atom is 0.277 e. The summed E-state index contributed by atoms with van der Waals surface area (Å²) in [5.74, 6) is 2.05. The van der Waals surface area contributed by atoms with Gasteiger partial charge in [-0.2, -0.15) is 5.10 Å². The second-order valence-electron chi connectivity index (χ2n) is 5.91. The summed E-state index contributed by atoms with van der Waals surface area (Å²) in [6.07, 6.45) is 1.50. The molecule has 0 heterocycles. The van der Waals surface area contributed by atoms with Crippen LogP contribution in [0.15, 0.2) is 47.6 Å². The number of hydrogen-bond acceptors (Lipinski definition) is 5. The SMILES string of the molecule is COc1ccc(OC)c(C=NNC(=O)COc2ccc(C(C)C)cc2)c1. The molecule has 6 heteroatoms. The molecule has 0 spiro atoms. The van der Waals surface area contributed by atoms with Crippen LogP contribution >= 0.6 is 0 Å². The molecule has 2 rings (SSSR count). The smallest absolute Gasteiger partial charge is 0.277 e. The van der Waals surface area contributed by atoms with Crippen LogP contribution in [0.4, 0.5) is 0 Å². The number of carbonyl (C=O) groups excluding carboxylic acids is 1. The molecule has 6 nitrogen and oxygen atoms in total. The number of hydrazone groups is 1. The van der Waals surface area contributed by atoms with Crippen LogP contribution in [0.2, 0.25) is 0 Å². The van der Waals surface area contributed by atoms with Crippen molar-refractivity contribution in [2.24, 2.45) is 5.10 Å². The third-order valence-corrected chi connectivity index (χ3v) is 3.75. The van der Waals surface area contributed by atoms with Crippen LogP contribution in [-0.4, -0.2) is 32.9 Å². The third kappa shape index (κ3) is 5.51. The molecule has 0 bridgehead atoms. The first-order valence-electron chi connectivity index (χ1n) is 8.30. The van der Waals surface area contributed by atoms with Crippen molar-refractivity contribution in [2.45, 2.75) is 19.8 Å². The topological polar surface area (TPSA) is 69.2 Å². The zero-order valence-corrected chi connectivity index (χ0v) is 15.5. The van der Waals surface area contributed by atoms with Gasteiger partial charge in [0.1, 0.15) is 17.2 Å². The molecule has 1 N–H and O–H groups in total. The molecular weight excluding hydrogens is 332 g/mol. The first kappa shape index (κ1) is 19.3. The highest BCUT2D eigenvalue weighted by Gasteiger charge is 2.05. The molecule has 1 amide bonds. The number of nitrogens with one attached hydrogen (secondary N) is 1. The van der Waals surface area contributed by atoms with Crippen LogP contribution in [0, 0.1) is 0 Å². The van der Waals surface area contributed by atoms with Gasteiger partial charge < -0.3 is 14.2 Å². The van der Waals surface area contributed by atoms with Gasteiger partial charge in [-0.1, -0.05) is 26.0 Å². The molecule has 0 aliphatic carbocycles. The van der Waals surface area contributed by atoms with E-state index in [1.54, 1.807) is 32.4 Å². The first-order valence-corrected chi connectivity index (χ1v) is 8.30. The Labute approximate surface area is 153 Å². The summed E-state index contributed by atoms with van der Waals surface area (Å²) >= 11 is 0. The Bertz CT molecular complexity index is 755. The summed E-state index contributed by atoms with van der Waals surface area (Å²) in [5, 5.41) is 3.94. The Morgan fingerprint density at radius 2 is 1.77 bits per heavy atom. The van der Waals surface area contributed by atoms with Gasteiger partial charge in [0.25, 0.3) is 5.91 Å². The van der Waals surface area contributed by atoms with E-state index < -0.39 is 0 Å². The first-order chi connectivity index (χ1) is 12.5. The molecule has 138 valence electrons. The number of methoxy groups -OCH3 is 2. The van der Waals surface area contributed by atoms with Gasteiger partial charge in [0.2, 0.25) is 0 Å². The van der Waals surface area contributed by atoms with E-state index in [4.69, 9.17) is 14.2 Å². The van der Waals surface area contributed by atoms with Crippen LogP contribution in [0.3, 0.4) is 0 Å². The minimum absolute atomic E-state index is 0.117. The van der Waals surface area contributed by atoms with Gasteiger partial charge in [-0.25, -0.2) is 5.43 Å². The van der Waals surface area contributed by atoms with Gasteiger partial charge in [0, 0.05) is 5.56 Å². The molecule has 0 unspecified atom stereocenters. The summed E-state index contributed by atoms with van der Waals surface area (Å²) in [7, 11) is 3.14. The van der Waals surface area contributed by atoms with E-state index in [1.165, 1.54) is 11.8 Å². The number of benzene rings is 2. The fraction of sp³-hybridized carbons (Fsp3) is 0.300. The number of nitrogens with zero attached hydrogens (tertiary/aromatic N) is 1. The second-order valence-corrected chi connectivity index (χ2v) is 5.91. The molecule has 0 saturated heterocycles. The third-order valence-electron chi connectivity index (χ3n) is 3.75. The average molecular weight is 356 g/mol. The van der Waals surface area contributed by atoms with E-state index in [-0.39, 0.29) is 12.5 Å². The van der Waals surface area contributed by atoms with Crippen molar-refractivity contribution in [3.63, 3.8) is 0 Å². The quantitative estimate of drug-likeness (QED) is 0.582. The highest BCUT2D eigenvalue weighted by atomic mass is 16.5. The second kappa shape index (κ2) is 9.46. The van der Waals surface area contributed by atoms with E-state index in [2.05, 4.69) is 24.4 Å². The van der Waals surface area contributed by atoms with Gasteiger partial charge in [-0.05, 0) is 41.8 Å². The summed E-state index contributed by atoms with van der Waals surface area (Å²) in [6, 6.07) is 13.0. The van der Waals surface area contributed by atoms with Gasteiger partial charge in [-0.3, -0.25) is 4.79 Å². The molecular formula is C20H24N2O4. The number of hydrogen-bond donors (Lipinski definition) is 1. The Kier molecular flexibility index (Phi) is 7.02. The monoisotopic (exact) mass is 356 g/mol. The van der Waals surface area contributed by atoms with Crippen LogP contribution in [0.1, 0.15) is 30.9 Å². The maximum absolute atomic E-state index is 11.9. The molecule has 0 radical (unpaired) electrons. The van der Waals surface area contributed by atoms with Gasteiger partial charge in [-0.15, -0.1) is 0 Å².